The molecule has 1 rings (SSSR count). The fourth-order valence-electron chi connectivity index (χ4n) is 0.557. The van der Waals surface area contributed by atoms with Crippen LogP contribution in [0.3, 0.4) is 0 Å². The third kappa shape index (κ3) is 12.6. The van der Waals surface area contributed by atoms with Gasteiger partial charge in [-0.1, -0.05) is 0 Å². The van der Waals surface area contributed by atoms with Gasteiger partial charge in [-0.25, -0.2) is 0 Å². The van der Waals surface area contributed by atoms with Crippen LogP contribution in [-0.4, -0.2) is 26.3 Å². The van der Waals surface area contributed by atoms with Crippen LogP contribution in [0, 0.1) is 0 Å². The molecule has 1 aliphatic heterocycles. The van der Waals surface area contributed by atoms with Crippen molar-refractivity contribution in [2.24, 2.45) is 11.5 Å². The summed E-state index contributed by atoms with van der Waals surface area (Å²) in [7, 11) is -2.08. The predicted octanol–water partition coefficient (Wildman–Crippen LogP) is 0.104. The average Bonchev–Trinajstić information content (AvgIpc) is 2.33. The van der Waals surface area contributed by atoms with E-state index >= 15 is 0 Å². The zero-order valence-electron chi connectivity index (χ0n) is 7.48. The van der Waals surface area contributed by atoms with Crippen LogP contribution in [0.2, 0.25) is 0 Å². The summed E-state index contributed by atoms with van der Waals surface area (Å²) in [5, 5.41) is 0. The summed E-state index contributed by atoms with van der Waals surface area (Å²) >= 11 is 0. The molecule has 0 amide bonds. The minimum atomic E-state index is -2.08. The Morgan fingerprint density at radius 2 is 1.46 bits per heavy atom. The summed E-state index contributed by atoms with van der Waals surface area (Å²) in [5.41, 5.74) is 9.81. The molecule has 5 nitrogen and oxygen atoms in total. The first kappa shape index (κ1) is 16.0. The largest absolute Gasteiger partial charge is 0.329 e. The Morgan fingerprint density at radius 1 is 1.08 bits per heavy atom. The summed E-state index contributed by atoms with van der Waals surface area (Å²) in [6, 6.07) is 0. The minimum Gasteiger partial charge on any atom is -0.329 e. The molecule has 0 atom stereocenters. The molecule has 0 unspecified atom stereocenters. The molecule has 1 saturated heterocycles. The molecule has 1 heterocycles. The average molecular weight is 252 g/mol. The topological polar surface area (TPSA) is 87.6 Å². The van der Waals surface area contributed by atoms with Crippen LogP contribution in [-0.2, 0) is 30.7 Å². The maximum atomic E-state index is 10.4. The van der Waals surface area contributed by atoms with Crippen molar-refractivity contribution in [2.75, 3.05) is 26.3 Å². The second-order valence-electron chi connectivity index (χ2n) is 2.23. The van der Waals surface area contributed by atoms with Crippen LogP contribution in [0.25, 0.3) is 0 Å². The molecular formula is C6H17FeN2O3P. The van der Waals surface area contributed by atoms with Crippen LogP contribution in [0.4, 0.5) is 0 Å². The van der Waals surface area contributed by atoms with Gasteiger partial charge in [0.25, 0.3) is 0 Å². The molecule has 0 saturated carbocycles. The van der Waals surface area contributed by atoms with Gasteiger partial charge in [0.05, 0.1) is 13.2 Å². The zero-order chi connectivity index (χ0) is 9.23. The summed E-state index contributed by atoms with van der Waals surface area (Å²) < 4.78 is 19.9. The fourth-order valence-corrected chi connectivity index (χ4v) is 1.26. The van der Waals surface area contributed by atoms with E-state index in [0.717, 1.165) is 12.8 Å². The van der Waals surface area contributed by atoms with Crippen molar-refractivity contribution in [3.05, 3.63) is 0 Å². The van der Waals surface area contributed by atoms with Crippen molar-refractivity contribution in [2.45, 2.75) is 12.8 Å². The van der Waals surface area contributed by atoms with Crippen LogP contribution < -0.4 is 11.5 Å². The number of rotatable bonds is 1. The van der Waals surface area contributed by atoms with Gasteiger partial charge in [0.2, 0.25) is 0 Å². The summed E-state index contributed by atoms with van der Waals surface area (Å²) in [6.07, 6.45) is 1.94. The van der Waals surface area contributed by atoms with Gasteiger partial charge in [0.1, 0.15) is 0 Å². The summed E-state index contributed by atoms with van der Waals surface area (Å²) in [4.78, 5) is 0. The Morgan fingerprint density at radius 3 is 1.77 bits per heavy atom. The van der Waals surface area contributed by atoms with E-state index in [0.29, 0.717) is 26.3 Å². The van der Waals surface area contributed by atoms with Gasteiger partial charge in [0, 0.05) is 30.2 Å². The predicted molar refractivity (Wildman–Crippen MR) is 48.2 cm³/mol. The molecular weight excluding hydrogens is 235 g/mol. The monoisotopic (exact) mass is 252 g/mol. The SMILES string of the molecule is NCCN.O=[PH]1OCCCCO1.[Fe]. The Bertz CT molecular complexity index is 116. The first-order valence-corrected chi connectivity index (χ1v) is 5.23. The van der Waals surface area contributed by atoms with Crippen molar-refractivity contribution in [3.63, 3.8) is 0 Å². The quantitative estimate of drug-likeness (QED) is 0.510. The summed E-state index contributed by atoms with van der Waals surface area (Å²) in [5.74, 6) is 0. The number of nitrogens with two attached hydrogens (primary N) is 2. The first-order valence-electron chi connectivity index (χ1n) is 4.01. The van der Waals surface area contributed by atoms with Crippen LogP contribution >= 0.6 is 8.25 Å². The van der Waals surface area contributed by atoms with Crippen LogP contribution in [0.15, 0.2) is 0 Å². The van der Waals surface area contributed by atoms with Gasteiger partial charge in [-0.15, -0.1) is 0 Å². The Labute approximate surface area is 89.9 Å². The van der Waals surface area contributed by atoms with Crippen LogP contribution in [0.1, 0.15) is 12.8 Å². The van der Waals surface area contributed by atoms with Crippen LogP contribution in [0.5, 0.6) is 0 Å². The Kier molecular flexibility index (Phi) is 15.5. The third-order valence-corrected chi connectivity index (χ3v) is 2.02. The molecule has 13 heavy (non-hydrogen) atoms. The maximum absolute atomic E-state index is 10.4. The van der Waals surface area contributed by atoms with E-state index in [1.54, 1.807) is 0 Å². The van der Waals surface area contributed by atoms with E-state index in [9.17, 15) is 4.57 Å². The normalized spacial score (nSPS) is 17.7. The van der Waals surface area contributed by atoms with Crippen molar-refractivity contribution < 1.29 is 30.7 Å². The molecule has 0 aliphatic carbocycles. The summed E-state index contributed by atoms with van der Waals surface area (Å²) in [6.45, 7) is 2.38. The molecule has 0 aromatic rings. The molecule has 0 spiro atoms. The molecule has 0 aromatic carbocycles. The van der Waals surface area contributed by atoms with E-state index in [-0.39, 0.29) is 17.1 Å². The van der Waals surface area contributed by atoms with E-state index in [4.69, 9.17) is 20.5 Å². The Balaban J connectivity index is 0. The number of hydrogen-bond acceptors (Lipinski definition) is 5. The second-order valence-corrected chi connectivity index (χ2v) is 3.31. The molecule has 82 valence electrons. The van der Waals surface area contributed by atoms with Gasteiger partial charge < -0.3 is 20.5 Å². The van der Waals surface area contributed by atoms with E-state index in [2.05, 4.69) is 0 Å². The van der Waals surface area contributed by atoms with E-state index < -0.39 is 8.25 Å². The van der Waals surface area contributed by atoms with Crippen molar-refractivity contribution >= 4 is 8.25 Å². The second kappa shape index (κ2) is 12.6. The maximum Gasteiger partial charge on any atom is 0.319 e. The molecule has 7 heteroatoms. The molecule has 0 radical (unpaired) electrons. The van der Waals surface area contributed by atoms with E-state index in [1.807, 2.05) is 0 Å². The first-order chi connectivity index (χ1) is 5.81. The fraction of sp³-hybridized carbons (Fsp3) is 1.00. The molecule has 0 bridgehead atoms. The van der Waals surface area contributed by atoms with Gasteiger partial charge in [0.15, 0.2) is 0 Å². The van der Waals surface area contributed by atoms with Gasteiger partial charge >= 0.3 is 8.25 Å². The molecule has 4 N–H and O–H groups in total. The zero-order valence-corrected chi connectivity index (χ0v) is 9.58. The van der Waals surface area contributed by atoms with E-state index in [1.165, 1.54) is 0 Å². The van der Waals surface area contributed by atoms with Crippen molar-refractivity contribution in [1.82, 2.24) is 0 Å². The third-order valence-electron chi connectivity index (χ3n) is 1.15. The van der Waals surface area contributed by atoms with Gasteiger partial charge in [-0.2, -0.15) is 0 Å². The van der Waals surface area contributed by atoms with Crippen molar-refractivity contribution in [3.8, 4) is 0 Å². The number of hydrogen-bond donors (Lipinski definition) is 2. The smallest absolute Gasteiger partial charge is 0.319 e. The molecule has 0 aromatic heterocycles. The Hall–Kier alpha value is 0.589. The molecule has 1 fully saturated rings. The van der Waals surface area contributed by atoms with Gasteiger partial charge in [-0.3, -0.25) is 4.57 Å². The van der Waals surface area contributed by atoms with Crippen molar-refractivity contribution in [1.29, 1.82) is 0 Å². The minimum absolute atomic E-state index is 0. The van der Waals surface area contributed by atoms with Gasteiger partial charge in [-0.05, 0) is 12.8 Å². The molecule has 1 aliphatic rings. The standard InChI is InChI=1S/C4H9O3P.C2H8N2.Fe/c5-8-6-3-1-2-4-7-8;3-1-2-4;/h8H,1-4H2;1-4H2;.